The molecule has 0 spiro atoms. The number of alkyl halides is 3. The fourth-order valence-corrected chi connectivity index (χ4v) is 3.44. The molecule has 0 saturated heterocycles. The average Bonchev–Trinajstić information content (AvgIpc) is 3.19. The Hall–Kier alpha value is -3.45. The number of nitrogens with zero attached hydrogens (tertiary/aromatic N) is 3. The smallest absolute Gasteiger partial charge is 0.451 e. The van der Waals surface area contributed by atoms with Crippen LogP contribution in [0.25, 0.3) is 10.6 Å². The summed E-state index contributed by atoms with van der Waals surface area (Å²) in [4.78, 5) is 24.9. The molecule has 1 aromatic carbocycles. The Bertz CT molecular complexity index is 1160. The Morgan fingerprint density at radius 2 is 1.91 bits per heavy atom. The van der Waals surface area contributed by atoms with Crippen LogP contribution in [0.4, 0.5) is 13.2 Å². The van der Waals surface area contributed by atoms with Crippen LogP contribution in [-0.2, 0) is 6.18 Å². The van der Waals surface area contributed by atoms with Gasteiger partial charge in [-0.15, -0.1) is 17.3 Å². The Labute approximate surface area is 186 Å². The molecule has 0 aliphatic heterocycles. The second-order valence-electron chi connectivity index (χ2n) is 6.77. The molecule has 1 N–H and O–H groups in total. The zero-order valence-corrected chi connectivity index (χ0v) is 18.3. The van der Waals surface area contributed by atoms with Crippen LogP contribution in [0.15, 0.2) is 36.8 Å². The number of halogens is 3. The maximum atomic E-state index is 12.9. The molecule has 0 radical (unpaired) electrons. The first-order valence-electron chi connectivity index (χ1n) is 9.47. The van der Waals surface area contributed by atoms with E-state index in [1.807, 2.05) is 6.92 Å². The molecule has 0 saturated carbocycles. The van der Waals surface area contributed by atoms with Gasteiger partial charge in [0.15, 0.2) is 0 Å². The molecule has 3 aromatic rings. The maximum absolute atomic E-state index is 12.9. The second-order valence-corrected chi connectivity index (χ2v) is 8.01. The summed E-state index contributed by atoms with van der Waals surface area (Å²) in [5, 5.41) is 3.48. The summed E-state index contributed by atoms with van der Waals surface area (Å²) in [6.07, 6.45) is -0.790. The van der Waals surface area contributed by atoms with Crippen molar-refractivity contribution < 1.29 is 22.7 Å². The van der Waals surface area contributed by atoms with Crippen molar-refractivity contribution >= 4 is 17.2 Å². The van der Waals surface area contributed by atoms with Crippen LogP contribution in [0.5, 0.6) is 5.75 Å². The number of carbonyl (C=O) groups is 1. The minimum Gasteiger partial charge on any atom is -0.481 e. The first-order chi connectivity index (χ1) is 15.2. The molecule has 0 aliphatic carbocycles. The van der Waals surface area contributed by atoms with Crippen LogP contribution in [0, 0.1) is 18.8 Å². The van der Waals surface area contributed by atoms with Gasteiger partial charge in [-0.25, -0.2) is 15.0 Å². The van der Waals surface area contributed by atoms with Gasteiger partial charge < -0.3 is 10.1 Å². The van der Waals surface area contributed by atoms with Crippen LogP contribution >= 0.6 is 11.3 Å². The molecule has 1 atom stereocenters. The predicted molar refractivity (Wildman–Crippen MR) is 114 cm³/mol. The number of hydrogen-bond donors (Lipinski definition) is 1. The summed E-state index contributed by atoms with van der Waals surface area (Å²) >= 11 is 1.48. The highest BCUT2D eigenvalue weighted by Gasteiger charge is 2.34. The normalized spacial score (nSPS) is 11.9. The molecular formula is C22H19F3N4O2S. The standard InChI is InChI=1S/C22H19F3N4O2S/c1-4-5-6-31-18-8-15(7-16(9-18)20-26-10-13(2)32-20)19(30)29-14(3)17-11-27-21(28-12-17)22(23,24)25/h7-12,14H,6H2,1-3H3,(H,29,30). The highest BCUT2D eigenvalue weighted by atomic mass is 32.1. The molecule has 2 heterocycles. The Morgan fingerprint density at radius 1 is 1.19 bits per heavy atom. The van der Waals surface area contributed by atoms with Crippen molar-refractivity contribution in [3.63, 3.8) is 0 Å². The van der Waals surface area contributed by atoms with Gasteiger partial charge in [0.05, 0.1) is 6.04 Å². The van der Waals surface area contributed by atoms with Crippen molar-refractivity contribution in [2.24, 2.45) is 0 Å². The highest BCUT2D eigenvalue weighted by Crippen LogP contribution is 2.30. The number of aryl methyl sites for hydroxylation is 1. The number of nitrogens with one attached hydrogen (secondary N) is 1. The number of aromatic nitrogens is 3. The lowest BCUT2D eigenvalue weighted by Crippen LogP contribution is -2.27. The zero-order chi connectivity index (χ0) is 23.3. The van der Waals surface area contributed by atoms with Gasteiger partial charge >= 0.3 is 6.18 Å². The van der Waals surface area contributed by atoms with Gasteiger partial charge in [-0.2, -0.15) is 13.2 Å². The van der Waals surface area contributed by atoms with E-state index < -0.39 is 23.9 Å². The summed E-state index contributed by atoms with van der Waals surface area (Å²) in [6, 6.07) is 4.42. The van der Waals surface area contributed by atoms with Gasteiger partial charge in [-0.1, -0.05) is 5.92 Å². The zero-order valence-electron chi connectivity index (χ0n) is 17.4. The number of thiazole rings is 1. The quantitative estimate of drug-likeness (QED) is 0.534. The van der Waals surface area contributed by atoms with E-state index in [2.05, 4.69) is 32.1 Å². The fraction of sp³-hybridized carbons (Fsp3) is 0.273. The number of carbonyl (C=O) groups excluding carboxylic acids is 1. The third-order valence-electron chi connectivity index (χ3n) is 4.30. The fourth-order valence-electron chi connectivity index (χ4n) is 2.69. The summed E-state index contributed by atoms with van der Waals surface area (Å²) in [5.74, 6) is 4.32. The first-order valence-corrected chi connectivity index (χ1v) is 10.3. The largest absolute Gasteiger partial charge is 0.481 e. The molecule has 1 amide bonds. The molecule has 2 aromatic heterocycles. The minimum absolute atomic E-state index is 0.164. The first kappa shape index (κ1) is 23.2. The molecule has 1 unspecified atom stereocenters. The van der Waals surface area contributed by atoms with E-state index in [0.717, 1.165) is 22.3 Å². The number of benzene rings is 1. The van der Waals surface area contributed by atoms with Crippen LogP contribution in [-0.4, -0.2) is 27.5 Å². The van der Waals surface area contributed by atoms with Crippen LogP contribution in [0.3, 0.4) is 0 Å². The van der Waals surface area contributed by atoms with Gasteiger partial charge in [0.25, 0.3) is 5.91 Å². The van der Waals surface area contributed by atoms with Crippen molar-refractivity contribution in [2.45, 2.75) is 33.0 Å². The number of ether oxygens (including phenoxy) is 1. The molecule has 10 heteroatoms. The molecular weight excluding hydrogens is 441 g/mol. The monoisotopic (exact) mass is 460 g/mol. The number of hydrogen-bond acceptors (Lipinski definition) is 6. The molecule has 6 nitrogen and oxygen atoms in total. The van der Waals surface area contributed by atoms with Crippen molar-refractivity contribution in [1.29, 1.82) is 0 Å². The SMILES string of the molecule is CC#CCOc1cc(C(=O)NC(C)c2cnc(C(F)(F)F)nc2)cc(-c2ncc(C)s2)c1. The third-order valence-corrected chi connectivity index (χ3v) is 5.26. The molecule has 166 valence electrons. The lowest BCUT2D eigenvalue weighted by Gasteiger charge is -2.15. The second kappa shape index (κ2) is 9.78. The summed E-state index contributed by atoms with van der Waals surface area (Å²) in [5.41, 5.74) is 1.36. The van der Waals surface area contributed by atoms with Gasteiger partial charge in [0.1, 0.15) is 17.4 Å². The molecule has 0 bridgehead atoms. The molecule has 0 fully saturated rings. The molecule has 32 heavy (non-hydrogen) atoms. The predicted octanol–water partition coefficient (Wildman–Crippen LogP) is 4.82. The summed E-state index contributed by atoms with van der Waals surface area (Å²) < 4.78 is 43.6. The van der Waals surface area contributed by atoms with E-state index in [9.17, 15) is 18.0 Å². The summed E-state index contributed by atoms with van der Waals surface area (Å²) in [6.45, 7) is 5.42. The maximum Gasteiger partial charge on any atom is 0.451 e. The van der Waals surface area contributed by atoms with Crippen molar-refractivity contribution in [1.82, 2.24) is 20.3 Å². The molecule has 3 rings (SSSR count). The topological polar surface area (TPSA) is 77.0 Å². The van der Waals surface area contributed by atoms with E-state index in [4.69, 9.17) is 4.74 Å². The lowest BCUT2D eigenvalue weighted by atomic mass is 10.1. The van der Waals surface area contributed by atoms with Crippen molar-refractivity contribution in [3.8, 4) is 28.2 Å². The van der Waals surface area contributed by atoms with E-state index in [-0.39, 0.29) is 6.61 Å². The minimum atomic E-state index is -4.63. The van der Waals surface area contributed by atoms with Crippen molar-refractivity contribution in [2.75, 3.05) is 6.61 Å². The van der Waals surface area contributed by atoms with Gasteiger partial charge in [0.2, 0.25) is 5.82 Å². The third kappa shape index (κ3) is 5.82. The van der Waals surface area contributed by atoms with Gasteiger partial charge in [-0.3, -0.25) is 4.79 Å². The van der Waals surface area contributed by atoms with Gasteiger partial charge in [0, 0.05) is 40.2 Å². The average molecular weight is 460 g/mol. The van der Waals surface area contributed by atoms with E-state index >= 15 is 0 Å². The van der Waals surface area contributed by atoms with E-state index in [1.165, 1.54) is 11.3 Å². The lowest BCUT2D eigenvalue weighted by molar-refractivity contribution is -0.145. The highest BCUT2D eigenvalue weighted by molar-refractivity contribution is 7.14. The van der Waals surface area contributed by atoms with Gasteiger partial charge in [-0.05, 0) is 39.0 Å². The Balaban J connectivity index is 1.83. The number of amides is 1. The van der Waals surface area contributed by atoms with Crippen LogP contribution in [0.2, 0.25) is 0 Å². The van der Waals surface area contributed by atoms with E-state index in [1.54, 1.807) is 38.2 Å². The number of rotatable bonds is 6. The summed E-state index contributed by atoms with van der Waals surface area (Å²) in [7, 11) is 0. The molecule has 0 aliphatic rings. The Kier molecular flexibility index (Phi) is 7.10. The Morgan fingerprint density at radius 3 is 2.50 bits per heavy atom. The van der Waals surface area contributed by atoms with Crippen LogP contribution < -0.4 is 10.1 Å². The van der Waals surface area contributed by atoms with Crippen LogP contribution in [0.1, 0.15) is 46.5 Å². The van der Waals surface area contributed by atoms with E-state index in [0.29, 0.717) is 22.4 Å². The van der Waals surface area contributed by atoms with Crippen molar-refractivity contribution in [3.05, 3.63) is 58.6 Å².